The first-order chi connectivity index (χ1) is 11.7. The van der Waals surface area contributed by atoms with Crippen LogP contribution in [0, 0.1) is 0 Å². The molecule has 1 atom stereocenters. The van der Waals surface area contributed by atoms with Crippen molar-refractivity contribution in [1.82, 2.24) is 15.1 Å². The number of carbonyl (C=O) groups is 1. The molecule has 3 rings (SSSR count). The van der Waals surface area contributed by atoms with E-state index < -0.39 is 0 Å². The summed E-state index contributed by atoms with van der Waals surface area (Å²) in [6.45, 7) is 5.09. The lowest BCUT2D eigenvalue weighted by Crippen LogP contribution is -2.35. The van der Waals surface area contributed by atoms with E-state index in [1.165, 1.54) is 5.69 Å². The van der Waals surface area contributed by atoms with Crippen LogP contribution in [0.4, 0.5) is 5.69 Å². The molecule has 0 spiro atoms. The van der Waals surface area contributed by atoms with Crippen LogP contribution in [0.3, 0.4) is 0 Å². The molecule has 0 saturated carbocycles. The van der Waals surface area contributed by atoms with Crippen LogP contribution >= 0.6 is 0 Å². The fourth-order valence-corrected chi connectivity index (χ4v) is 3.04. The Hall–Kier alpha value is -2.34. The minimum atomic E-state index is -0.116. The number of anilines is 1. The molecule has 1 aliphatic rings. The minimum absolute atomic E-state index is 0.116. The number of rotatable bonds is 7. The fourth-order valence-electron chi connectivity index (χ4n) is 3.04. The van der Waals surface area contributed by atoms with Crippen LogP contribution in [0.2, 0.25) is 0 Å². The number of amides is 1. The van der Waals surface area contributed by atoms with Gasteiger partial charge in [0.25, 0.3) is 5.91 Å². The first-order valence-corrected chi connectivity index (χ1v) is 8.39. The Morgan fingerprint density at radius 1 is 1.42 bits per heavy atom. The van der Waals surface area contributed by atoms with Crippen LogP contribution in [0.5, 0.6) is 0 Å². The molecule has 6 nitrogen and oxygen atoms in total. The zero-order valence-electron chi connectivity index (χ0n) is 14.2. The second-order valence-corrected chi connectivity index (χ2v) is 5.94. The summed E-state index contributed by atoms with van der Waals surface area (Å²) in [5.41, 5.74) is 2.72. The summed E-state index contributed by atoms with van der Waals surface area (Å²) >= 11 is 0. The summed E-state index contributed by atoms with van der Waals surface area (Å²) in [4.78, 5) is 14.5. The number of para-hydroxylation sites is 1. The van der Waals surface area contributed by atoms with Crippen LogP contribution in [0.25, 0.3) is 0 Å². The van der Waals surface area contributed by atoms with E-state index in [1.54, 1.807) is 7.11 Å². The number of carbonyl (C=O) groups excluding carboxylic acids is 1. The van der Waals surface area contributed by atoms with E-state index in [-0.39, 0.29) is 12.0 Å². The van der Waals surface area contributed by atoms with Gasteiger partial charge in [-0.1, -0.05) is 18.2 Å². The number of nitrogens with zero attached hydrogens (tertiary/aromatic N) is 3. The summed E-state index contributed by atoms with van der Waals surface area (Å²) in [5, 5.41) is 7.34. The lowest BCUT2D eigenvalue weighted by atomic mass is 10.2. The fraction of sp³-hybridized carbons (Fsp3) is 0.444. The molecule has 0 radical (unpaired) electrons. The molecular formula is C18H24N4O2. The van der Waals surface area contributed by atoms with E-state index in [4.69, 9.17) is 4.74 Å². The Kier molecular flexibility index (Phi) is 5.15. The van der Waals surface area contributed by atoms with E-state index in [1.807, 2.05) is 28.9 Å². The lowest BCUT2D eigenvalue weighted by molar-refractivity contribution is 0.0937. The molecule has 1 aliphatic heterocycles. The van der Waals surface area contributed by atoms with Gasteiger partial charge in [-0.15, -0.1) is 0 Å². The van der Waals surface area contributed by atoms with Crippen molar-refractivity contribution in [3.8, 4) is 0 Å². The highest BCUT2D eigenvalue weighted by Crippen LogP contribution is 2.18. The van der Waals surface area contributed by atoms with Gasteiger partial charge in [-0.3, -0.25) is 9.48 Å². The molecule has 0 saturated heterocycles. The lowest BCUT2D eigenvalue weighted by Gasteiger charge is -2.23. The summed E-state index contributed by atoms with van der Waals surface area (Å²) in [5.74, 6) is -0.116. The first kappa shape index (κ1) is 16.5. The summed E-state index contributed by atoms with van der Waals surface area (Å²) in [7, 11) is 1.71. The third kappa shape index (κ3) is 3.59. The number of nitrogens with one attached hydrogen (secondary N) is 1. The minimum Gasteiger partial charge on any atom is -0.379 e. The van der Waals surface area contributed by atoms with E-state index >= 15 is 0 Å². The molecule has 1 N–H and O–H groups in total. The zero-order chi connectivity index (χ0) is 16.9. The van der Waals surface area contributed by atoms with Gasteiger partial charge in [0.15, 0.2) is 0 Å². The molecule has 1 aromatic heterocycles. The molecule has 2 heterocycles. The quantitative estimate of drug-likeness (QED) is 0.841. The Balaban J connectivity index is 1.51. The second-order valence-electron chi connectivity index (χ2n) is 5.94. The van der Waals surface area contributed by atoms with Crippen molar-refractivity contribution in [2.24, 2.45) is 0 Å². The summed E-state index contributed by atoms with van der Waals surface area (Å²) in [6, 6.07) is 12.1. The third-order valence-corrected chi connectivity index (χ3v) is 4.41. The number of hydrogen-bond donors (Lipinski definition) is 1. The number of benzene rings is 1. The van der Waals surface area contributed by atoms with E-state index in [2.05, 4.69) is 34.4 Å². The topological polar surface area (TPSA) is 59.4 Å². The van der Waals surface area contributed by atoms with E-state index in [0.717, 1.165) is 31.7 Å². The molecule has 128 valence electrons. The molecular weight excluding hydrogens is 304 g/mol. The number of fused-ring (bicyclic) bond motifs is 1. The van der Waals surface area contributed by atoms with Crippen LogP contribution < -0.4 is 10.2 Å². The molecule has 0 fully saturated rings. The predicted molar refractivity (Wildman–Crippen MR) is 93.4 cm³/mol. The van der Waals surface area contributed by atoms with Crippen LogP contribution in [-0.4, -0.2) is 48.5 Å². The van der Waals surface area contributed by atoms with Gasteiger partial charge in [0.2, 0.25) is 0 Å². The van der Waals surface area contributed by atoms with Crippen molar-refractivity contribution in [2.75, 3.05) is 31.6 Å². The van der Waals surface area contributed by atoms with Crippen LogP contribution in [0.15, 0.2) is 36.4 Å². The van der Waals surface area contributed by atoms with Gasteiger partial charge in [-0.2, -0.15) is 5.10 Å². The Morgan fingerprint density at radius 2 is 2.21 bits per heavy atom. The molecule has 0 bridgehead atoms. The number of methoxy groups -OCH3 is 1. The number of ether oxygens (including phenoxy) is 1. The largest absolute Gasteiger partial charge is 0.379 e. The maximum absolute atomic E-state index is 12.3. The van der Waals surface area contributed by atoms with Gasteiger partial charge in [-0.25, -0.2) is 0 Å². The molecule has 24 heavy (non-hydrogen) atoms. The van der Waals surface area contributed by atoms with E-state index in [9.17, 15) is 4.79 Å². The average molecular weight is 328 g/mol. The normalized spacial score (nSPS) is 16.0. The molecule has 6 heteroatoms. The number of aromatic nitrogens is 2. The van der Waals surface area contributed by atoms with Gasteiger partial charge < -0.3 is 15.0 Å². The molecule has 1 amide bonds. The molecule has 0 unspecified atom stereocenters. The SMILES string of the molecule is CCN(CCNC(=O)c1cc2n(n1)C[C@@H](OC)C2)c1ccccc1. The van der Waals surface area contributed by atoms with Gasteiger partial charge >= 0.3 is 0 Å². The monoisotopic (exact) mass is 328 g/mol. The van der Waals surface area contributed by atoms with Gasteiger partial charge in [0.05, 0.1) is 12.6 Å². The third-order valence-electron chi connectivity index (χ3n) is 4.41. The predicted octanol–water partition coefficient (Wildman–Crippen LogP) is 1.71. The Morgan fingerprint density at radius 3 is 2.88 bits per heavy atom. The average Bonchev–Trinajstić information content (AvgIpc) is 3.18. The van der Waals surface area contributed by atoms with Gasteiger partial charge in [-0.05, 0) is 25.1 Å². The second kappa shape index (κ2) is 7.49. The van der Waals surface area contributed by atoms with Crippen molar-refractivity contribution >= 4 is 11.6 Å². The highest BCUT2D eigenvalue weighted by Gasteiger charge is 2.24. The highest BCUT2D eigenvalue weighted by atomic mass is 16.5. The zero-order valence-corrected chi connectivity index (χ0v) is 14.2. The van der Waals surface area contributed by atoms with Gasteiger partial charge in [0.1, 0.15) is 5.69 Å². The van der Waals surface area contributed by atoms with Crippen molar-refractivity contribution in [2.45, 2.75) is 26.0 Å². The molecule has 1 aromatic carbocycles. The highest BCUT2D eigenvalue weighted by molar-refractivity contribution is 5.92. The van der Waals surface area contributed by atoms with Crippen LogP contribution in [0.1, 0.15) is 23.1 Å². The summed E-state index contributed by atoms with van der Waals surface area (Å²) < 4.78 is 7.20. The maximum Gasteiger partial charge on any atom is 0.271 e. The maximum atomic E-state index is 12.3. The van der Waals surface area contributed by atoms with Crippen LogP contribution in [-0.2, 0) is 17.7 Å². The molecule has 0 aliphatic carbocycles. The first-order valence-electron chi connectivity index (χ1n) is 8.39. The number of likely N-dealkylation sites (N-methyl/N-ethyl adjacent to an activating group) is 1. The van der Waals surface area contributed by atoms with Crippen molar-refractivity contribution in [1.29, 1.82) is 0 Å². The Labute approximate surface area is 142 Å². The van der Waals surface area contributed by atoms with Crippen molar-refractivity contribution < 1.29 is 9.53 Å². The van der Waals surface area contributed by atoms with Crippen molar-refractivity contribution in [3.05, 3.63) is 47.8 Å². The smallest absolute Gasteiger partial charge is 0.271 e. The Bertz CT molecular complexity index is 660. The van der Waals surface area contributed by atoms with E-state index in [0.29, 0.717) is 12.2 Å². The van der Waals surface area contributed by atoms with Crippen molar-refractivity contribution in [3.63, 3.8) is 0 Å². The molecule has 2 aromatic rings. The summed E-state index contributed by atoms with van der Waals surface area (Å²) in [6.07, 6.45) is 0.989. The number of hydrogen-bond acceptors (Lipinski definition) is 4. The van der Waals surface area contributed by atoms with Gasteiger partial charge in [0, 0.05) is 44.5 Å². The standard InChI is InChI=1S/C18H24N4O2/c1-3-21(14-7-5-4-6-8-14)10-9-19-18(23)17-12-15-11-16(24-2)13-22(15)20-17/h4-8,12,16H,3,9-11,13H2,1-2H3,(H,19,23)/t16-/m0/s1.